The summed E-state index contributed by atoms with van der Waals surface area (Å²) >= 11 is 0. The summed E-state index contributed by atoms with van der Waals surface area (Å²) in [5, 5.41) is 0. The number of methoxy groups -OCH3 is 2. The van der Waals surface area contributed by atoms with Crippen molar-refractivity contribution in [3.63, 3.8) is 0 Å². The first kappa shape index (κ1) is 16.2. The molecule has 0 saturated heterocycles. The molecule has 2 aromatic carbocycles. The van der Waals surface area contributed by atoms with Crippen molar-refractivity contribution in [2.45, 2.75) is 0 Å². The van der Waals surface area contributed by atoms with Crippen LogP contribution in [0.15, 0.2) is 85.2 Å². The molecule has 0 unspecified atom stereocenters. The highest BCUT2D eigenvalue weighted by molar-refractivity contribution is 5.84. The van der Waals surface area contributed by atoms with Crippen molar-refractivity contribution in [2.24, 2.45) is 0 Å². The molecular weight excluding hydrogens is 322 g/mol. The first-order chi connectivity index (χ1) is 12.8. The van der Waals surface area contributed by atoms with Crippen molar-refractivity contribution in [3.8, 4) is 33.8 Å². The highest BCUT2D eigenvalue weighted by Crippen LogP contribution is 2.33. The molecule has 0 atom stereocenters. The van der Waals surface area contributed by atoms with Crippen LogP contribution in [0.3, 0.4) is 0 Å². The molecule has 4 rings (SSSR count). The first-order valence-corrected chi connectivity index (χ1v) is 8.51. The van der Waals surface area contributed by atoms with E-state index in [0.29, 0.717) is 0 Å². The van der Waals surface area contributed by atoms with Crippen LogP contribution in [-0.2, 0) is 0 Å². The van der Waals surface area contributed by atoms with E-state index in [1.54, 1.807) is 14.2 Å². The number of nitrogens with zero attached hydrogens (tertiary/aromatic N) is 1. The van der Waals surface area contributed by atoms with Crippen LogP contribution in [-0.4, -0.2) is 14.2 Å². The standard InChI is InChI=1S/C23H20NO2/c1-25-20-10-6-17(7-11-20)22-15-19-5-3-4-14-24(19)16-23(22)18-8-12-21(26-2)13-9-18/h3-16H,1-2H3/q+1. The Kier molecular flexibility index (Phi) is 4.28. The Morgan fingerprint density at radius 1 is 0.654 bits per heavy atom. The van der Waals surface area contributed by atoms with Gasteiger partial charge in [0.05, 0.1) is 19.8 Å². The molecular formula is C23H20NO2+. The van der Waals surface area contributed by atoms with E-state index in [9.17, 15) is 0 Å². The van der Waals surface area contributed by atoms with Crippen molar-refractivity contribution < 1.29 is 13.9 Å². The van der Waals surface area contributed by atoms with E-state index in [1.165, 1.54) is 11.1 Å². The fourth-order valence-corrected chi connectivity index (χ4v) is 3.15. The van der Waals surface area contributed by atoms with Crippen LogP contribution in [0.1, 0.15) is 0 Å². The van der Waals surface area contributed by atoms with Crippen LogP contribution >= 0.6 is 0 Å². The molecule has 0 amide bonds. The number of rotatable bonds is 4. The van der Waals surface area contributed by atoms with Gasteiger partial charge in [-0.25, -0.2) is 0 Å². The normalized spacial score (nSPS) is 10.7. The van der Waals surface area contributed by atoms with Gasteiger partial charge in [0.15, 0.2) is 12.4 Å². The summed E-state index contributed by atoms with van der Waals surface area (Å²) in [5.74, 6) is 1.71. The quantitative estimate of drug-likeness (QED) is 0.498. The largest absolute Gasteiger partial charge is 0.497 e. The van der Waals surface area contributed by atoms with Crippen molar-refractivity contribution in [2.75, 3.05) is 14.2 Å². The highest BCUT2D eigenvalue weighted by atomic mass is 16.5. The fourth-order valence-electron chi connectivity index (χ4n) is 3.15. The molecule has 2 heterocycles. The second-order valence-electron chi connectivity index (χ2n) is 6.09. The van der Waals surface area contributed by atoms with Gasteiger partial charge in [0.2, 0.25) is 5.52 Å². The predicted octanol–water partition coefficient (Wildman–Crippen LogP) is 4.78. The molecule has 3 heteroatoms. The lowest BCUT2D eigenvalue weighted by Crippen LogP contribution is -2.20. The van der Waals surface area contributed by atoms with Crippen LogP contribution in [0.5, 0.6) is 11.5 Å². The monoisotopic (exact) mass is 342 g/mol. The maximum absolute atomic E-state index is 5.30. The second-order valence-corrected chi connectivity index (χ2v) is 6.09. The number of hydrogen-bond acceptors (Lipinski definition) is 2. The number of hydrogen-bond donors (Lipinski definition) is 0. The molecule has 0 fully saturated rings. The van der Waals surface area contributed by atoms with Gasteiger partial charge in [0, 0.05) is 23.8 Å². The lowest BCUT2D eigenvalue weighted by molar-refractivity contribution is -0.511. The Morgan fingerprint density at radius 2 is 1.23 bits per heavy atom. The van der Waals surface area contributed by atoms with Gasteiger partial charge in [0.1, 0.15) is 11.5 Å². The zero-order chi connectivity index (χ0) is 17.9. The van der Waals surface area contributed by atoms with Crippen LogP contribution in [0.4, 0.5) is 0 Å². The third kappa shape index (κ3) is 3.00. The Morgan fingerprint density at radius 3 is 1.81 bits per heavy atom. The van der Waals surface area contributed by atoms with Gasteiger partial charge in [-0.15, -0.1) is 0 Å². The van der Waals surface area contributed by atoms with Crippen LogP contribution in [0.25, 0.3) is 27.8 Å². The molecule has 0 aliphatic rings. The summed E-state index contributed by atoms with van der Waals surface area (Å²) in [6, 6.07) is 24.8. The molecule has 128 valence electrons. The van der Waals surface area contributed by atoms with E-state index in [0.717, 1.165) is 28.1 Å². The fraction of sp³-hybridized carbons (Fsp3) is 0.0870. The Labute approximate surface area is 153 Å². The summed E-state index contributed by atoms with van der Waals surface area (Å²) < 4.78 is 12.7. The summed E-state index contributed by atoms with van der Waals surface area (Å²) in [6.07, 6.45) is 4.25. The van der Waals surface area contributed by atoms with Gasteiger partial charge in [-0.1, -0.05) is 24.3 Å². The van der Waals surface area contributed by atoms with E-state index in [4.69, 9.17) is 9.47 Å². The molecule has 26 heavy (non-hydrogen) atoms. The minimum absolute atomic E-state index is 0.855. The van der Waals surface area contributed by atoms with E-state index in [1.807, 2.05) is 30.3 Å². The van der Waals surface area contributed by atoms with E-state index < -0.39 is 0 Å². The second kappa shape index (κ2) is 6.89. The summed E-state index contributed by atoms with van der Waals surface area (Å²) in [7, 11) is 3.37. The summed E-state index contributed by atoms with van der Waals surface area (Å²) in [6.45, 7) is 0. The topological polar surface area (TPSA) is 22.6 Å². The third-order valence-electron chi connectivity index (χ3n) is 4.58. The zero-order valence-electron chi connectivity index (χ0n) is 14.8. The van der Waals surface area contributed by atoms with Crippen molar-refractivity contribution in [1.29, 1.82) is 0 Å². The van der Waals surface area contributed by atoms with E-state index in [-0.39, 0.29) is 0 Å². The lowest BCUT2D eigenvalue weighted by Gasteiger charge is -2.10. The smallest absolute Gasteiger partial charge is 0.211 e. The van der Waals surface area contributed by atoms with Gasteiger partial charge in [0.25, 0.3) is 0 Å². The molecule has 0 aliphatic heterocycles. The SMILES string of the molecule is COc1ccc(-c2cc3cccc[n+]3cc2-c2ccc(OC)cc2)cc1. The minimum atomic E-state index is 0.855. The third-order valence-corrected chi connectivity index (χ3v) is 4.58. The van der Waals surface area contributed by atoms with Crippen LogP contribution in [0, 0.1) is 0 Å². The Hall–Kier alpha value is -3.33. The molecule has 0 bridgehead atoms. The molecule has 0 radical (unpaired) electrons. The molecule has 0 spiro atoms. The van der Waals surface area contributed by atoms with Gasteiger partial charge < -0.3 is 9.47 Å². The maximum Gasteiger partial charge on any atom is 0.211 e. The number of aromatic nitrogens is 1. The highest BCUT2D eigenvalue weighted by Gasteiger charge is 2.14. The molecule has 2 aromatic heterocycles. The van der Waals surface area contributed by atoms with Crippen molar-refractivity contribution >= 4 is 5.52 Å². The lowest BCUT2D eigenvalue weighted by atomic mass is 9.95. The first-order valence-electron chi connectivity index (χ1n) is 8.51. The van der Waals surface area contributed by atoms with Crippen molar-refractivity contribution in [3.05, 3.63) is 85.2 Å². The summed E-state index contributed by atoms with van der Waals surface area (Å²) in [5.41, 5.74) is 5.80. The number of benzene rings is 2. The molecule has 4 aromatic rings. The number of ether oxygens (including phenoxy) is 2. The molecule has 3 nitrogen and oxygen atoms in total. The number of fused-ring (bicyclic) bond motifs is 1. The maximum atomic E-state index is 5.30. The van der Waals surface area contributed by atoms with Gasteiger partial charge in [-0.3, -0.25) is 0 Å². The zero-order valence-corrected chi connectivity index (χ0v) is 14.8. The Balaban J connectivity index is 1.93. The average Bonchev–Trinajstić information content (AvgIpc) is 2.73. The van der Waals surface area contributed by atoms with Crippen LogP contribution in [0.2, 0.25) is 0 Å². The van der Waals surface area contributed by atoms with E-state index in [2.05, 4.69) is 59.3 Å². The number of pyridine rings is 2. The van der Waals surface area contributed by atoms with Gasteiger partial charge in [-0.2, -0.15) is 4.40 Å². The van der Waals surface area contributed by atoms with Gasteiger partial charge in [-0.05, 0) is 41.5 Å². The molecule has 0 aliphatic carbocycles. The summed E-state index contributed by atoms with van der Waals surface area (Å²) in [4.78, 5) is 0. The van der Waals surface area contributed by atoms with E-state index >= 15 is 0 Å². The molecule has 0 saturated carbocycles. The van der Waals surface area contributed by atoms with Crippen molar-refractivity contribution in [1.82, 2.24) is 0 Å². The Bertz CT molecular complexity index is 952. The van der Waals surface area contributed by atoms with Crippen LogP contribution < -0.4 is 13.9 Å². The predicted molar refractivity (Wildman–Crippen MR) is 104 cm³/mol. The minimum Gasteiger partial charge on any atom is -0.497 e. The van der Waals surface area contributed by atoms with Gasteiger partial charge >= 0.3 is 0 Å². The molecule has 0 N–H and O–H groups in total. The average molecular weight is 342 g/mol.